The second kappa shape index (κ2) is 7.80. The molecule has 0 saturated heterocycles. The van der Waals surface area contributed by atoms with E-state index in [-0.39, 0.29) is 11.2 Å². The van der Waals surface area contributed by atoms with Gasteiger partial charge in [0.1, 0.15) is 0 Å². The normalized spacial score (nSPS) is 12.3. The molecule has 0 aliphatic heterocycles. The Morgan fingerprint density at radius 2 is 1.81 bits per heavy atom. The Morgan fingerprint density at radius 3 is 2.67 bits per heavy atom. The van der Waals surface area contributed by atoms with Gasteiger partial charge in [0.25, 0.3) is 0 Å². The van der Waals surface area contributed by atoms with E-state index >= 15 is 0 Å². The molecule has 2 aromatic heterocycles. The zero-order valence-electron chi connectivity index (χ0n) is 15.0. The number of pyridine rings is 1. The van der Waals surface area contributed by atoms with Crippen molar-refractivity contribution in [2.75, 3.05) is 6.54 Å². The Balaban J connectivity index is 1.45. The lowest BCUT2D eigenvalue weighted by atomic mass is 10.1. The topological polar surface area (TPSA) is 59.3 Å². The van der Waals surface area contributed by atoms with E-state index in [1.54, 1.807) is 0 Å². The standard InChI is InChI=1S/C21H20N4OS/c1-15(20(26)22-14-13-16-7-3-2-4-8-16)27-21-24-23-19-12-11-17-9-5-6-10-18(17)25(19)21/h2-12,15H,13-14H2,1H3,(H,22,26). The van der Waals surface area contributed by atoms with Crippen LogP contribution in [0.5, 0.6) is 0 Å². The first-order valence-electron chi connectivity index (χ1n) is 8.93. The summed E-state index contributed by atoms with van der Waals surface area (Å²) in [6, 6.07) is 22.2. The first kappa shape index (κ1) is 17.5. The van der Waals surface area contributed by atoms with Crippen molar-refractivity contribution in [2.24, 2.45) is 0 Å². The minimum atomic E-state index is -0.257. The minimum absolute atomic E-state index is 0.00733. The van der Waals surface area contributed by atoms with E-state index < -0.39 is 0 Å². The molecule has 27 heavy (non-hydrogen) atoms. The van der Waals surface area contributed by atoms with Crippen LogP contribution in [0.25, 0.3) is 16.6 Å². The molecule has 0 spiro atoms. The summed E-state index contributed by atoms with van der Waals surface area (Å²) in [6.07, 6.45) is 0.822. The molecular formula is C21H20N4OS. The predicted octanol–water partition coefficient (Wildman–Crippen LogP) is 3.72. The maximum absolute atomic E-state index is 12.5. The van der Waals surface area contributed by atoms with Crippen molar-refractivity contribution in [3.05, 3.63) is 72.3 Å². The van der Waals surface area contributed by atoms with Crippen LogP contribution >= 0.6 is 11.8 Å². The van der Waals surface area contributed by atoms with Crippen LogP contribution in [0.4, 0.5) is 0 Å². The highest BCUT2D eigenvalue weighted by atomic mass is 32.2. The van der Waals surface area contributed by atoms with Gasteiger partial charge in [0.15, 0.2) is 10.8 Å². The number of nitrogens with one attached hydrogen (secondary N) is 1. The molecule has 1 unspecified atom stereocenters. The van der Waals surface area contributed by atoms with Gasteiger partial charge in [-0.15, -0.1) is 10.2 Å². The highest BCUT2D eigenvalue weighted by molar-refractivity contribution is 8.00. The number of carbonyl (C=O) groups excluding carboxylic acids is 1. The molecule has 1 amide bonds. The highest BCUT2D eigenvalue weighted by Crippen LogP contribution is 2.26. The highest BCUT2D eigenvalue weighted by Gasteiger charge is 2.18. The molecule has 1 N–H and O–H groups in total. The summed E-state index contributed by atoms with van der Waals surface area (Å²) < 4.78 is 2.01. The van der Waals surface area contributed by atoms with E-state index in [4.69, 9.17) is 0 Å². The smallest absolute Gasteiger partial charge is 0.233 e. The number of hydrogen-bond acceptors (Lipinski definition) is 4. The number of thioether (sulfide) groups is 1. The van der Waals surface area contributed by atoms with E-state index in [9.17, 15) is 4.79 Å². The Morgan fingerprint density at radius 1 is 1.04 bits per heavy atom. The van der Waals surface area contributed by atoms with Crippen molar-refractivity contribution in [3.63, 3.8) is 0 Å². The third kappa shape index (κ3) is 3.80. The Bertz CT molecular complexity index is 1080. The Hall–Kier alpha value is -2.86. The van der Waals surface area contributed by atoms with Crippen molar-refractivity contribution in [3.8, 4) is 0 Å². The number of para-hydroxylation sites is 1. The first-order valence-corrected chi connectivity index (χ1v) is 9.81. The average Bonchev–Trinajstić information content (AvgIpc) is 3.12. The third-order valence-corrected chi connectivity index (χ3v) is 5.50. The molecule has 136 valence electrons. The van der Waals surface area contributed by atoms with Gasteiger partial charge in [0.2, 0.25) is 5.91 Å². The van der Waals surface area contributed by atoms with Crippen LogP contribution in [0.2, 0.25) is 0 Å². The summed E-state index contributed by atoms with van der Waals surface area (Å²) in [7, 11) is 0. The van der Waals surface area contributed by atoms with Gasteiger partial charge in [-0.2, -0.15) is 0 Å². The lowest BCUT2D eigenvalue weighted by Crippen LogP contribution is -2.32. The molecule has 0 aliphatic carbocycles. The Labute approximate surface area is 161 Å². The number of hydrogen-bond donors (Lipinski definition) is 1. The number of aromatic nitrogens is 3. The van der Waals surface area contributed by atoms with Crippen LogP contribution in [-0.4, -0.2) is 32.3 Å². The van der Waals surface area contributed by atoms with Crippen molar-refractivity contribution in [1.29, 1.82) is 0 Å². The van der Waals surface area contributed by atoms with Gasteiger partial charge < -0.3 is 5.32 Å². The summed E-state index contributed by atoms with van der Waals surface area (Å²) in [6.45, 7) is 2.52. The van der Waals surface area contributed by atoms with Crippen LogP contribution in [0.3, 0.4) is 0 Å². The fourth-order valence-electron chi connectivity index (χ4n) is 3.02. The summed E-state index contributed by atoms with van der Waals surface area (Å²) in [5, 5.41) is 13.1. The van der Waals surface area contributed by atoms with Crippen molar-refractivity contribution >= 4 is 34.2 Å². The summed E-state index contributed by atoms with van der Waals surface area (Å²) in [5.41, 5.74) is 3.04. The monoisotopic (exact) mass is 376 g/mol. The van der Waals surface area contributed by atoms with Crippen LogP contribution in [0.15, 0.2) is 71.9 Å². The van der Waals surface area contributed by atoms with Crippen LogP contribution in [-0.2, 0) is 11.2 Å². The van der Waals surface area contributed by atoms with E-state index in [1.165, 1.54) is 17.3 Å². The number of nitrogens with zero attached hydrogens (tertiary/aromatic N) is 3. The fraction of sp³-hybridized carbons (Fsp3) is 0.190. The second-order valence-corrected chi connectivity index (χ2v) is 7.66. The van der Waals surface area contributed by atoms with Crippen LogP contribution in [0.1, 0.15) is 12.5 Å². The van der Waals surface area contributed by atoms with E-state index in [0.29, 0.717) is 6.54 Å². The maximum atomic E-state index is 12.5. The molecule has 2 heterocycles. The largest absolute Gasteiger partial charge is 0.355 e. The maximum Gasteiger partial charge on any atom is 0.233 e. The van der Waals surface area contributed by atoms with E-state index in [0.717, 1.165) is 28.1 Å². The van der Waals surface area contributed by atoms with Crippen LogP contribution in [0, 0.1) is 0 Å². The number of carbonyl (C=O) groups is 1. The fourth-order valence-corrected chi connectivity index (χ4v) is 3.91. The van der Waals surface area contributed by atoms with Crippen molar-refractivity contribution in [1.82, 2.24) is 19.9 Å². The van der Waals surface area contributed by atoms with Crippen LogP contribution < -0.4 is 5.32 Å². The van der Waals surface area contributed by atoms with E-state index in [2.05, 4.69) is 33.7 Å². The number of rotatable bonds is 6. The molecule has 5 nitrogen and oxygen atoms in total. The van der Waals surface area contributed by atoms with Gasteiger partial charge in [-0.1, -0.05) is 60.3 Å². The minimum Gasteiger partial charge on any atom is -0.355 e. The lowest BCUT2D eigenvalue weighted by Gasteiger charge is -2.11. The molecule has 0 radical (unpaired) electrons. The van der Waals surface area contributed by atoms with Crippen molar-refractivity contribution in [2.45, 2.75) is 23.8 Å². The van der Waals surface area contributed by atoms with Gasteiger partial charge >= 0.3 is 0 Å². The quantitative estimate of drug-likeness (QED) is 0.521. The Kier molecular flexibility index (Phi) is 5.07. The first-order chi connectivity index (χ1) is 13.2. The average molecular weight is 376 g/mol. The molecule has 2 aromatic carbocycles. The number of fused-ring (bicyclic) bond motifs is 3. The lowest BCUT2D eigenvalue weighted by molar-refractivity contribution is -0.120. The molecule has 6 heteroatoms. The number of benzene rings is 2. The molecule has 4 aromatic rings. The zero-order chi connectivity index (χ0) is 18.6. The second-order valence-electron chi connectivity index (χ2n) is 6.36. The molecule has 0 saturated carbocycles. The van der Waals surface area contributed by atoms with Gasteiger partial charge in [0, 0.05) is 6.54 Å². The SMILES string of the molecule is CC(Sc1nnc2ccc3ccccc3n12)C(=O)NCCc1ccccc1. The van der Waals surface area contributed by atoms with Gasteiger partial charge in [-0.25, -0.2) is 0 Å². The predicted molar refractivity (Wildman–Crippen MR) is 109 cm³/mol. The van der Waals surface area contributed by atoms with Gasteiger partial charge in [-0.3, -0.25) is 9.20 Å². The molecule has 0 bridgehead atoms. The molecule has 0 aliphatic rings. The summed E-state index contributed by atoms with van der Waals surface area (Å²) in [4.78, 5) is 12.5. The summed E-state index contributed by atoms with van der Waals surface area (Å²) in [5.74, 6) is 0.00733. The zero-order valence-corrected chi connectivity index (χ0v) is 15.8. The van der Waals surface area contributed by atoms with E-state index in [1.807, 2.05) is 59.9 Å². The number of amides is 1. The summed E-state index contributed by atoms with van der Waals surface area (Å²) >= 11 is 1.43. The third-order valence-electron chi connectivity index (χ3n) is 4.46. The van der Waals surface area contributed by atoms with Gasteiger partial charge in [-0.05, 0) is 42.5 Å². The molecule has 4 rings (SSSR count). The molecule has 0 fully saturated rings. The van der Waals surface area contributed by atoms with Gasteiger partial charge in [0.05, 0.1) is 10.8 Å². The molecule has 1 atom stereocenters. The molecular weight excluding hydrogens is 356 g/mol. The van der Waals surface area contributed by atoms with Crippen molar-refractivity contribution < 1.29 is 4.79 Å².